The Morgan fingerprint density at radius 2 is 1.95 bits per heavy atom. The van der Waals surface area contributed by atoms with E-state index in [1.165, 1.54) is 6.20 Å². The Morgan fingerprint density at radius 3 is 2.74 bits per heavy atom. The van der Waals surface area contributed by atoms with Crippen LogP contribution in [0.5, 0.6) is 0 Å². The summed E-state index contributed by atoms with van der Waals surface area (Å²) in [6.45, 7) is 0.530. The smallest absolute Gasteiger partial charge is 0.205 e. The number of hydrogen-bond donors (Lipinski definition) is 0. The highest BCUT2D eigenvalue weighted by Crippen LogP contribution is 2.32. The Bertz CT molecular complexity index is 640. The maximum absolute atomic E-state index is 12.5. The highest BCUT2D eigenvalue weighted by Gasteiger charge is 2.35. The van der Waals surface area contributed by atoms with E-state index in [1.807, 2.05) is 36.2 Å². The van der Waals surface area contributed by atoms with Gasteiger partial charge in [-0.15, -0.1) is 0 Å². The number of anilines is 1. The molecule has 0 radical (unpaired) electrons. The Kier molecular flexibility index (Phi) is 2.71. The van der Waals surface area contributed by atoms with E-state index in [2.05, 4.69) is 0 Å². The summed E-state index contributed by atoms with van der Waals surface area (Å²) in [7, 11) is 1.94. The molecule has 1 aromatic carbocycles. The highest BCUT2D eigenvalue weighted by molar-refractivity contribution is 6.07. The van der Waals surface area contributed by atoms with Crippen molar-refractivity contribution in [1.82, 2.24) is 0 Å². The second-order valence-corrected chi connectivity index (χ2v) is 4.77. The molecule has 0 spiro atoms. The number of ketones is 1. The molecular weight excluding hydrogens is 240 g/mol. The summed E-state index contributed by atoms with van der Waals surface area (Å²) in [4.78, 5) is 14.6. The normalized spacial score (nSPS) is 18.3. The van der Waals surface area contributed by atoms with Crippen molar-refractivity contribution < 1.29 is 9.52 Å². The van der Waals surface area contributed by atoms with Crippen molar-refractivity contribution in [3.8, 4) is 0 Å². The number of aromatic nitrogens is 1. The Labute approximate surface area is 111 Å². The summed E-state index contributed by atoms with van der Waals surface area (Å²) in [5.74, 6) is -0.386. The molecule has 1 aliphatic rings. The van der Waals surface area contributed by atoms with E-state index < -0.39 is 5.92 Å². The Balaban J connectivity index is 2.08. The molecule has 3 rings (SSSR count). The van der Waals surface area contributed by atoms with E-state index in [9.17, 15) is 10.0 Å². The third-order valence-corrected chi connectivity index (χ3v) is 3.56. The lowest BCUT2D eigenvalue weighted by atomic mass is 9.88. The lowest BCUT2D eigenvalue weighted by Crippen LogP contribution is -2.42. The number of hydrogen-bond acceptors (Lipinski definition) is 3. The van der Waals surface area contributed by atoms with Gasteiger partial charge in [0.2, 0.25) is 5.69 Å². The van der Waals surface area contributed by atoms with E-state index >= 15 is 0 Å². The maximum atomic E-state index is 12.5. The van der Waals surface area contributed by atoms with Crippen molar-refractivity contribution >= 4 is 11.5 Å². The number of Topliss-reactive ketones (excluding diaryl/α,β-unsaturated/α-hetero) is 1. The second-order valence-electron chi connectivity index (χ2n) is 4.77. The highest BCUT2D eigenvalue weighted by atomic mass is 16.5. The van der Waals surface area contributed by atoms with Crippen molar-refractivity contribution in [2.45, 2.75) is 5.92 Å². The fraction of sp³-hybridized carbons (Fsp3) is 0.200. The predicted octanol–water partition coefficient (Wildman–Crippen LogP) is 1.74. The maximum Gasteiger partial charge on any atom is 0.205 e. The van der Waals surface area contributed by atoms with Crippen molar-refractivity contribution in [3.05, 3.63) is 65.1 Å². The lowest BCUT2D eigenvalue weighted by Gasteiger charge is -2.31. The minimum absolute atomic E-state index is 0.0181. The zero-order valence-electron chi connectivity index (χ0n) is 10.6. The van der Waals surface area contributed by atoms with Crippen molar-refractivity contribution in [2.75, 3.05) is 18.5 Å². The number of para-hydroxylation sites is 1. The van der Waals surface area contributed by atoms with Crippen LogP contribution in [0.25, 0.3) is 0 Å². The predicted molar refractivity (Wildman–Crippen MR) is 72.2 cm³/mol. The van der Waals surface area contributed by atoms with E-state index in [0.29, 0.717) is 17.8 Å². The summed E-state index contributed by atoms with van der Waals surface area (Å²) in [6.07, 6.45) is 1.43. The molecule has 4 nitrogen and oxygen atoms in total. The minimum Gasteiger partial charge on any atom is -0.618 e. The van der Waals surface area contributed by atoms with Gasteiger partial charge in [0.1, 0.15) is 5.92 Å². The molecule has 0 saturated heterocycles. The number of carbonyl (C=O) groups excluding carboxylic acids is 1. The Hall–Kier alpha value is -2.36. The van der Waals surface area contributed by atoms with Crippen molar-refractivity contribution in [1.29, 1.82) is 0 Å². The average molecular weight is 254 g/mol. The zero-order chi connectivity index (χ0) is 13.4. The molecule has 1 unspecified atom stereocenters. The molecule has 0 bridgehead atoms. The number of carbonyl (C=O) groups is 1. The van der Waals surface area contributed by atoms with Crippen LogP contribution in [0, 0.1) is 5.21 Å². The SMILES string of the molecule is CN1CC(c2cccc[n+]2[O-])C(=O)c2ccccc21. The summed E-state index contributed by atoms with van der Waals surface area (Å²) in [6, 6.07) is 12.7. The number of likely N-dealkylation sites (N-methyl/N-ethyl adjacent to an activating group) is 1. The fourth-order valence-electron chi connectivity index (χ4n) is 2.60. The van der Waals surface area contributed by atoms with Gasteiger partial charge in [-0.2, -0.15) is 4.73 Å². The van der Waals surface area contributed by atoms with Gasteiger partial charge in [0, 0.05) is 37.0 Å². The molecule has 2 aromatic rings. The standard InChI is InChI=1S/C15H14N2O2/c1-16-10-12(14-8-4-5-9-17(14)19)15(18)11-6-2-3-7-13(11)16/h2-9,12H,10H2,1H3. The second kappa shape index (κ2) is 4.39. The van der Waals surface area contributed by atoms with Crippen LogP contribution in [0.4, 0.5) is 5.69 Å². The topological polar surface area (TPSA) is 47.2 Å². The van der Waals surface area contributed by atoms with Crippen LogP contribution in [-0.2, 0) is 0 Å². The van der Waals surface area contributed by atoms with Crippen LogP contribution in [0.15, 0.2) is 48.7 Å². The van der Waals surface area contributed by atoms with E-state index in [1.54, 1.807) is 18.2 Å². The zero-order valence-corrected chi connectivity index (χ0v) is 10.6. The number of fused-ring (bicyclic) bond motifs is 1. The van der Waals surface area contributed by atoms with Crippen LogP contribution in [0.1, 0.15) is 22.0 Å². The molecule has 4 heteroatoms. The van der Waals surface area contributed by atoms with Gasteiger partial charge in [-0.3, -0.25) is 4.79 Å². The van der Waals surface area contributed by atoms with E-state index in [-0.39, 0.29) is 5.78 Å². The minimum atomic E-state index is -0.404. The number of nitrogens with zero attached hydrogens (tertiary/aromatic N) is 2. The van der Waals surface area contributed by atoms with Gasteiger partial charge in [0.15, 0.2) is 12.0 Å². The molecule has 1 atom stereocenters. The monoisotopic (exact) mass is 254 g/mol. The quantitative estimate of drug-likeness (QED) is 0.575. The van der Waals surface area contributed by atoms with Gasteiger partial charge in [-0.05, 0) is 18.2 Å². The number of pyridine rings is 1. The first-order chi connectivity index (χ1) is 9.18. The number of rotatable bonds is 1. The molecule has 96 valence electrons. The van der Waals surface area contributed by atoms with Crippen LogP contribution in [-0.4, -0.2) is 19.4 Å². The summed E-state index contributed by atoms with van der Waals surface area (Å²) in [5, 5.41) is 11.8. The van der Waals surface area contributed by atoms with E-state index in [0.717, 1.165) is 10.4 Å². The fourth-order valence-corrected chi connectivity index (χ4v) is 2.60. The van der Waals surface area contributed by atoms with Crippen LogP contribution >= 0.6 is 0 Å². The molecule has 0 fully saturated rings. The summed E-state index contributed by atoms with van der Waals surface area (Å²) in [5.41, 5.74) is 2.12. The molecule has 2 heterocycles. The average Bonchev–Trinajstić information content (AvgIpc) is 2.44. The largest absolute Gasteiger partial charge is 0.618 e. The molecular formula is C15H14N2O2. The first-order valence-corrected chi connectivity index (χ1v) is 6.21. The molecule has 0 N–H and O–H groups in total. The molecule has 0 saturated carbocycles. The third kappa shape index (κ3) is 1.85. The number of benzene rings is 1. The molecule has 0 amide bonds. The first-order valence-electron chi connectivity index (χ1n) is 6.21. The van der Waals surface area contributed by atoms with Crippen molar-refractivity contribution in [3.63, 3.8) is 0 Å². The van der Waals surface area contributed by atoms with Gasteiger partial charge in [-0.25, -0.2) is 0 Å². The van der Waals surface area contributed by atoms with Crippen LogP contribution in [0.3, 0.4) is 0 Å². The molecule has 1 aromatic heterocycles. The molecule has 19 heavy (non-hydrogen) atoms. The summed E-state index contributed by atoms with van der Waals surface area (Å²) >= 11 is 0. The van der Waals surface area contributed by atoms with Crippen LogP contribution in [0.2, 0.25) is 0 Å². The van der Waals surface area contributed by atoms with Gasteiger partial charge in [-0.1, -0.05) is 12.1 Å². The van der Waals surface area contributed by atoms with Gasteiger partial charge in [0.25, 0.3) is 0 Å². The summed E-state index contributed by atoms with van der Waals surface area (Å²) < 4.78 is 0.782. The van der Waals surface area contributed by atoms with Gasteiger partial charge in [0.05, 0.1) is 0 Å². The van der Waals surface area contributed by atoms with Crippen molar-refractivity contribution in [2.24, 2.45) is 0 Å². The Morgan fingerprint density at radius 1 is 1.21 bits per heavy atom. The lowest BCUT2D eigenvalue weighted by molar-refractivity contribution is -0.614. The first kappa shape index (κ1) is 11.7. The third-order valence-electron chi connectivity index (χ3n) is 3.56. The molecule has 1 aliphatic heterocycles. The van der Waals surface area contributed by atoms with Gasteiger partial charge < -0.3 is 10.1 Å². The molecule has 0 aliphatic carbocycles. The van der Waals surface area contributed by atoms with Gasteiger partial charge >= 0.3 is 0 Å². The van der Waals surface area contributed by atoms with Crippen LogP contribution < -0.4 is 9.63 Å². The van der Waals surface area contributed by atoms with E-state index in [4.69, 9.17) is 0 Å².